The number of anilines is 1. The molecule has 2 fully saturated rings. The summed E-state index contributed by atoms with van der Waals surface area (Å²) < 4.78 is 4.82. The van der Waals surface area contributed by atoms with Gasteiger partial charge in [0.1, 0.15) is 5.92 Å². The Morgan fingerprint density at radius 3 is 2.32 bits per heavy atom. The number of piperazine rings is 1. The smallest absolute Gasteiger partial charge is 0.337 e. The summed E-state index contributed by atoms with van der Waals surface area (Å²) in [5, 5.41) is 2.89. The number of fused-ring (bicyclic) bond motifs is 3. The van der Waals surface area contributed by atoms with E-state index in [0.29, 0.717) is 34.3 Å². The second-order valence-corrected chi connectivity index (χ2v) is 10.1. The minimum absolute atomic E-state index is 0.0509. The number of amides is 2. The fourth-order valence-electron chi connectivity index (χ4n) is 5.78. The van der Waals surface area contributed by atoms with Crippen LogP contribution in [0.2, 0.25) is 0 Å². The molecule has 0 aromatic heterocycles. The maximum Gasteiger partial charge on any atom is 0.337 e. The van der Waals surface area contributed by atoms with Crippen LogP contribution in [0.3, 0.4) is 0 Å². The first kappa shape index (κ1) is 24.1. The molecule has 3 heterocycles. The minimum atomic E-state index is -0.655. The van der Waals surface area contributed by atoms with E-state index in [9.17, 15) is 14.4 Å². The van der Waals surface area contributed by atoms with E-state index in [2.05, 4.69) is 17.3 Å². The lowest BCUT2D eigenvalue weighted by molar-refractivity contribution is -0.115. The van der Waals surface area contributed by atoms with Gasteiger partial charge in [-0.25, -0.2) is 4.79 Å². The van der Waals surface area contributed by atoms with Crippen molar-refractivity contribution in [3.05, 3.63) is 95.1 Å². The van der Waals surface area contributed by atoms with E-state index < -0.39 is 11.9 Å². The van der Waals surface area contributed by atoms with Gasteiger partial charge < -0.3 is 15.0 Å². The maximum atomic E-state index is 13.2. The van der Waals surface area contributed by atoms with Crippen LogP contribution >= 0.6 is 0 Å². The highest BCUT2D eigenvalue weighted by Crippen LogP contribution is 2.37. The predicted octanol–water partition coefficient (Wildman–Crippen LogP) is 3.86. The van der Waals surface area contributed by atoms with Crippen LogP contribution in [0.25, 0.3) is 0 Å². The number of aliphatic imine (C=N–C) groups is 1. The Bertz CT molecular complexity index is 1450. The van der Waals surface area contributed by atoms with Gasteiger partial charge in [-0.15, -0.1) is 0 Å². The number of nitrogens with zero attached hydrogens (tertiary/aromatic N) is 3. The lowest BCUT2D eigenvalue weighted by Gasteiger charge is -2.32. The average molecular weight is 509 g/mol. The molecule has 3 aromatic rings. The predicted molar refractivity (Wildman–Crippen MR) is 144 cm³/mol. The van der Waals surface area contributed by atoms with Crippen LogP contribution in [0.4, 0.5) is 11.4 Å². The monoisotopic (exact) mass is 508 g/mol. The maximum absolute atomic E-state index is 13.2. The normalized spacial score (nSPS) is 22.4. The Labute approximate surface area is 220 Å². The molecule has 3 aliphatic rings. The molecule has 2 bridgehead atoms. The second kappa shape index (κ2) is 9.54. The minimum Gasteiger partial charge on any atom is -0.465 e. The number of benzene rings is 3. The summed E-state index contributed by atoms with van der Waals surface area (Å²) in [6.45, 7) is 1.69. The topological polar surface area (TPSA) is 91.3 Å². The van der Waals surface area contributed by atoms with Gasteiger partial charge in [0.25, 0.3) is 5.91 Å². The van der Waals surface area contributed by atoms with Crippen molar-refractivity contribution in [2.24, 2.45) is 4.99 Å². The van der Waals surface area contributed by atoms with E-state index >= 15 is 0 Å². The molecule has 3 aliphatic heterocycles. The standard InChI is InChI=1S/C30H28N4O4/c1-33-16-23-15-22(33)17-34(23)29(36)19-8-11-21(12-9-19)31-27(18-6-4-3-5-7-18)26-24-13-10-20(30(37)38-2)14-25(24)32-28(26)35/h3-14,22-23,26H,15-17H2,1-2H3,(H,32,35). The van der Waals surface area contributed by atoms with Gasteiger partial charge in [-0.3, -0.25) is 19.5 Å². The number of carbonyl (C=O) groups excluding carboxylic acids is 3. The highest BCUT2D eigenvalue weighted by molar-refractivity contribution is 6.24. The third-order valence-electron chi connectivity index (χ3n) is 7.79. The van der Waals surface area contributed by atoms with Crippen molar-refractivity contribution in [3.8, 4) is 0 Å². The lowest BCUT2D eigenvalue weighted by atomic mass is 9.90. The van der Waals surface area contributed by atoms with Crippen LogP contribution in [-0.2, 0) is 9.53 Å². The van der Waals surface area contributed by atoms with Gasteiger partial charge in [-0.2, -0.15) is 0 Å². The van der Waals surface area contributed by atoms with E-state index in [-0.39, 0.29) is 17.9 Å². The van der Waals surface area contributed by atoms with Crippen molar-refractivity contribution < 1.29 is 19.1 Å². The number of methoxy groups -OCH3 is 1. The highest BCUT2D eigenvalue weighted by atomic mass is 16.5. The fourth-order valence-corrected chi connectivity index (χ4v) is 5.78. The SMILES string of the molecule is COC(=O)c1ccc2c(c1)NC(=O)C2C(=Nc1ccc(C(=O)N2CC3CC2CN3C)cc1)c1ccccc1. The molecule has 8 nitrogen and oxygen atoms in total. The van der Waals surface area contributed by atoms with Gasteiger partial charge in [0, 0.05) is 36.4 Å². The molecular formula is C30H28N4O4. The van der Waals surface area contributed by atoms with Gasteiger partial charge in [-0.1, -0.05) is 36.4 Å². The zero-order valence-electron chi connectivity index (χ0n) is 21.3. The number of likely N-dealkylation sites (tertiary alicyclic amines) is 2. The molecule has 38 heavy (non-hydrogen) atoms. The molecular weight excluding hydrogens is 480 g/mol. The number of hydrogen-bond donors (Lipinski definition) is 1. The summed E-state index contributed by atoms with van der Waals surface area (Å²) in [5.74, 6) is -1.29. The first-order chi connectivity index (χ1) is 18.4. The molecule has 1 N–H and O–H groups in total. The van der Waals surface area contributed by atoms with Crippen LogP contribution in [-0.4, -0.2) is 72.6 Å². The van der Waals surface area contributed by atoms with Crippen molar-refractivity contribution in [2.75, 3.05) is 32.6 Å². The molecule has 2 amide bonds. The van der Waals surface area contributed by atoms with Crippen LogP contribution in [0.5, 0.6) is 0 Å². The second-order valence-electron chi connectivity index (χ2n) is 10.1. The Kier molecular flexibility index (Phi) is 6.04. The number of likely N-dealkylation sites (N-methyl/N-ethyl adjacent to an activating group) is 1. The molecule has 3 unspecified atom stereocenters. The summed E-state index contributed by atoms with van der Waals surface area (Å²) in [7, 11) is 3.44. The number of rotatable bonds is 5. The Morgan fingerprint density at radius 1 is 0.921 bits per heavy atom. The van der Waals surface area contributed by atoms with E-state index in [1.165, 1.54) is 7.11 Å². The summed E-state index contributed by atoms with van der Waals surface area (Å²) in [6, 6.07) is 22.6. The first-order valence-corrected chi connectivity index (χ1v) is 12.7. The molecule has 2 saturated heterocycles. The van der Waals surface area contributed by atoms with E-state index in [1.807, 2.05) is 59.5 Å². The number of nitrogens with one attached hydrogen (secondary N) is 1. The molecule has 8 heteroatoms. The summed E-state index contributed by atoms with van der Waals surface area (Å²) in [5.41, 5.74) is 4.37. The van der Waals surface area contributed by atoms with Crippen LogP contribution in [0.15, 0.2) is 77.8 Å². The lowest BCUT2D eigenvalue weighted by Crippen LogP contribution is -2.47. The number of ether oxygens (including phenoxy) is 1. The molecule has 0 saturated carbocycles. The molecule has 3 aromatic carbocycles. The van der Waals surface area contributed by atoms with Crippen molar-refractivity contribution in [1.82, 2.24) is 9.80 Å². The van der Waals surface area contributed by atoms with E-state index in [0.717, 1.165) is 30.6 Å². The Balaban J connectivity index is 1.32. The van der Waals surface area contributed by atoms with Crippen LogP contribution in [0, 0.1) is 0 Å². The molecule has 3 atom stereocenters. The molecule has 0 spiro atoms. The van der Waals surface area contributed by atoms with Gasteiger partial charge in [0.05, 0.1) is 24.1 Å². The fraction of sp³-hybridized carbons (Fsp3) is 0.267. The van der Waals surface area contributed by atoms with Crippen molar-refractivity contribution in [1.29, 1.82) is 0 Å². The molecule has 6 rings (SSSR count). The summed E-state index contributed by atoms with van der Waals surface area (Å²) in [6.07, 6.45) is 1.04. The average Bonchev–Trinajstić information content (AvgIpc) is 3.62. The Hall–Kier alpha value is -4.30. The van der Waals surface area contributed by atoms with Gasteiger partial charge >= 0.3 is 5.97 Å². The quantitative estimate of drug-likeness (QED) is 0.418. The molecule has 192 valence electrons. The van der Waals surface area contributed by atoms with Crippen LogP contribution < -0.4 is 5.32 Å². The highest BCUT2D eigenvalue weighted by Gasteiger charge is 2.43. The number of hydrogen-bond acceptors (Lipinski definition) is 6. The van der Waals surface area contributed by atoms with Gasteiger partial charge in [0.15, 0.2) is 0 Å². The third kappa shape index (κ3) is 4.16. The molecule has 0 aliphatic carbocycles. The zero-order chi connectivity index (χ0) is 26.4. The largest absolute Gasteiger partial charge is 0.465 e. The summed E-state index contributed by atoms with van der Waals surface area (Å²) in [4.78, 5) is 47.6. The first-order valence-electron chi connectivity index (χ1n) is 12.7. The van der Waals surface area contributed by atoms with Crippen molar-refractivity contribution >= 4 is 34.9 Å². The molecule has 0 radical (unpaired) electrons. The van der Waals surface area contributed by atoms with Crippen molar-refractivity contribution in [3.63, 3.8) is 0 Å². The summed E-state index contributed by atoms with van der Waals surface area (Å²) >= 11 is 0. The van der Waals surface area contributed by atoms with E-state index in [1.54, 1.807) is 18.2 Å². The Morgan fingerprint density at radius 2 is 1.66 bits per heavy atom. The van der Waals surface area contributed by atoms with Gasteiger partial charge in [-0.05, 0) is 61.0 Å². The zero-order valence-corrected chi connectivity index (χ0v) is 21.3. The van der Waals surface area contributed by atoms with Crippen molar-refractivity contribution in [2.45, 2.75) is 24.4 Å². The third-order valence-corrected chi connectivity index (χ3v) is 7.79. The van der Waals surface area contributed by atoms with E-state index in [4.69, 9.17) is 9.73 Å². The number of carbonyl (C=O) groups is 3. The number of esters is 1. The van der Waals surface area contributed by atoms with Crippen LogP contribution in [0.1, 0.15) is 44.2 Å². The van der Waals surface area contributed by atoms with Gasteiger partial charge in [0.2, 0.25) is 5.91 Å².